The first kappa shape index (κ1) is 15.3. The van der Waals surface area contributed by atoms with E-state index in [2.05, 4.69) is 8.92 Å². The van der Waals surface area contributed by atoms with Crippen LogP contribution in [-0.4, -0.2) is 27.0 Å². The van der Waals surface area contributed by atoms with E-state index in [4.69, 9.17) is 0 Å². The molecule has 0 bridgehead atoms. The molecule has 1 aromatic rings. The van der Waals surface area contributed by atoms with Crippen LogP contribution >= 0.6 is 0 Å². The van der Waals surface area contributed by atoms with Gasteiger partial charge in [-0.05, 0) is 17.7 Å². The van der Waals surface area contributed by atoms with Crippen molar-refractivity contribution in [3.05, 3.63) is 29.8 Å². The Morgan fingerprint density at radius 3 is 2.47 bits per heavy atom. The van der Waals surface area contributed by atoms with Gasteiger partial charge < -0.3 is 8.92 Å². The van der Waals surface area contributed by atoms with Crippen LogP contribution < -0.4 is 4.18 Å². The number of methoxy groups -OCH3 is 1. The lowest BCUT2D eigenvalue weighted by molar-refractivity contribution is -0.139. The third kappa shape index (κ3) is 4.12. The zero-order valence-electron chi connectivity index (χ0n) is 9.60. The predicted molar refractivity (Wildman–Crippen MR) is 57.8 cm³/mol. The first-order chi connectivity index (χ1) is 8.65. The number of benzene rings is 1. The van der Waals surface area contributed by atoms with Crippen LogP contribution in [0.1, 0.15) is 5.56 Å². The number of carbonyl (C=O) groups is 1. The van der Waals surface area contributed by atoms with Crippen LogP contribution in [0.15, 0.2) is 24.3 Å². The molecule has 1 rings (SSSR count). The highest BCUT2D eigenvalue weighted by atomic mass is 32.2. The Labute approximate surface area is 107 Å². The molecule has 0 spiro atoms. The molecule has 106 valence electrons. The summed E-state index contributed by atoms with van der Waals surface area (Å²) in [6.45, 7) is 0. The maximum Gasteiger partial charge on any atom is 0.534 e. The lowest BCUT2D eigenvalue weighted by atomic mass is 10.1. The molecular formula is C10H9F3O5S. The topological polar surface area (TPSA) is 69.7 Å². The first-order valence-corrected chi connectivity index (χ1v) is 6.23. The maximum atomic E-state index is 12.1. The third-order valence-electron chi connectivity index (χ3n) is 1.96. The normalized spacial score (nSPS) is 12.0. The fraction of sp³-hybridized carbons (Fsp3) is 0.300. The minimum Gasteiger partial charge on any atom is -0.469 e. The van der Waals surface area contributed by atoms with E-state index < -0.39 is 27.3 Å². The quantitative estimate of drug-likeness (QED) is 0.480. The van der Waals surface area contributed by atoms with Gasteiger partial charge in [0.05, 0.1) is 13.5 Å². The van der Waals surface area contributed by atoms with Gasteiger partial charge in [0.15, 0.2) is 0 Å². The smallest absolute Gasteiger partial charge is 0.469 e. The van der Waals surface area contributed by atoms with Crippen molar-refractivity contribution in [2.45, 2.75) is 11.9 Å². The summed E-state index contributed by atoms with van der Waals surface area (Å²) in [5.41, 5.74) is -5.24. The van der Waals surface area contributed by atoms with E-state index in [1.54, 1.807) is 0 Å². The second-order valence-corrected chi connectivity index (χ2v) is 4.92. The molecule has 0 radical (unpaired) electrons. The van der Waals surface area contributed by atoms with Crippen LogP contribution in [0.5, 0.6) is 5.75 Å². The standard InChI is InChI=1S/C10H9F3O5S/c1-17-9(14)6-7-3-2-4-8(5-7)18-19(15,16)10(11,12)13/h2-5H,6H2,1H3. The van der Waals surface area contributed by atoms with E-state index >= 15 is 0 Å². The molecule has 0 heterocycles. The van der Waals surface area contributed by atoms with Crippen LogP contribution in [0.3, 0.4) is 0 Å². The zero-order chi connectivity index (χ0) is 14.7. The summed E-state index contributed by atoms with van der Waals surface area (Å²) >= 11 is 0. The molecule has 0 N–H and O–H groups in total. The highest BCUT2D eigenvalue weighted by Crippen LogP contribution is 2.27. The van der Waals surface area contributed by atoms with Crippen LogP contribution in [0, 0.1) is 0 Å². The third-order valence-corrected chi connectivity index (χ3v) is 2.94. The van der Waals surface area contributed by atoms with Crippen LogP contribution in [0.25, 0.3) is 0 Å². The minimum absolute atomic E-state index is 0.209. The molecule has 0 fully saturated rings. The van der Waals surface area contributed by atoms with Crippen molar-refractivity contribution in [2.24, 2.45) is 0 Å². The number of esters is 1. The van der Waals surface area contributed by atoms with Gasteiger partial charge in [0.25, 0.3) is 0 Å². The predicted octanol–water partition coefficient (Wildman–Crippen LogP) is 1.63. The van der Waals surface area contributed by atoms with Crippen LogP contribution in [0.2, 0.25) is 0 Å². The number of hydrogen-bond acceptors (Lipinski definition) is 5. The van der Waals surface area contributed by atoms with Gasteiger partial charge in [0, 0.05) is 0 Å². The van der Waals surface area contributed by atoms with E-state index in [0.29, 0.717) is 0 Å². The Kier molecular flexibility index (Phi) is 4.40. The Bertz CT molecular complexity index is 565. The van der Waals surface area contributed by atoms with E-state index in [0.717, 1.165) is 19.2 Å². The molecule has 1 aromatic carbocycles. The monoisotopic (exact) mass is 298 g/mol. The molecule has 0 aromatic heterocycles. The summed E-state index contributed by atoms with van der Waals surface area (Å²) in [5.74, 6) is -1.14. The minimum atomic E-state index is -5.72. The average molecular weight is 298 g/mol. The van der Waals surface area contributed by atoms with Crippen molar-refractivity contribution in [3.63, 3.8) is 0 Å². The van der Waals surface area contributed by atoms with Crippen molar-refractivity contribution >= 4 is 16.1 Å². The summed E-state index contributed by atoms with van der Waals surface area (Å²) < 4.78 is 66.1. The second kappa shape index (κ2) is 5.47. The summed E-state index contributed by atoms with van der Waals surface area (Å²) in [6.07, 6.45) is -0.209. The number of hydrogen-bond donors (Lipinski definition) is 0. The molecule has 0 aliphatic heterocycles. The molecule has 0 aliphatic carbocycles. The van der Waals surface area contributed by atoms with Gasteiger partial charge >= 0.3 is 21.6 Å². The van der Waals surface area contributed by atoms with E-state index in [9.17, 15) is 26.4 Å². The number of carbonyl (C=O) groups excluding carboxylic acids is 1. The highest BCUT2D eigenvalue weighted by molar-refractivity contribution is 7.87. The van der Waals surface area contributed by atoms with Gasteiger partial charge in [0.2, 0.25) is 0 Å². The molecule has 0 aliphatic rings. The van der Waals surface area contributed by atoms with Gasteiger partial charge in [-0.3, -0.25) is 4.79 Å². The van der Waals surface area contributed by atoms with Crippen molar-refractivity contribution in [2.75, 3.05) is 7.11 Å². The van der Waals surface area contributed by atoms with Crippen molar-refractivity contribution < 1.29 is 35.3 Å². The average Bonchev–Trinajstić information content (AvgIpc) is 2.27. The van der Waals surface area contributed by atoms with Gasteiger partial charge in [-0.15, -0.1) is 0 Å². The Morgan fingerprint density at radius 2 is 1.95 bits per heavy atom. The van der Waals surface area contributed by atoms with Gasteiger partial charge in [0.1, 0.15) is 5.75 Å². The molecule has 0 amide bonds. The Balaban J connectivity index is 2.92. The van der Waals surface area contributed by atoms with Crippen LogP contribution in [-0.2, 0) is 26.1 Å². The lowest BCUT2D eigenvalue weighted by Gasteiger charge is -2.10. The largest absolute Gasteiger partial charge is 0.534 e. The number of alkyl halides is 3. The van der Waals surface area contributed by atoms with Crippen molar-refractivity contribution in [3.8, 4) is 5.75 Å². The van der Waals surface area contributed by atoms with E-state index in [1.165, 1.54) is 12.1 Å². The number of rotatable bonds is 4. The Hall–Kier alpha value is -1.77. The Morgan fingerprint density at radius 1 is 1.32 bits per heavy atom. The first-order valence-electron chi connectivity index (χ1n) is 4.82. The van der Waals surface area contributed by atoms with Crippen molar-refractivity contribution in [1.29, 1.82) is 0 Å². The summed E-state index contributed by atoms with van der Waals surface area (Å²) in [6, 6.07) is 4.73. The molecular weight excluding hydrogens is 289 g/mol. The zero-order valence-corrected chi connectivity index (χ0v) is 10.4. The highest BCUT2D eigenvalue weighted by Gasteiger charge is 2.48. The number of ether oxygens (including phenoxy) is 1. The van der Waals surface area contributed by atoms with E-state index in [-0.39, 0.29) is 12.0 Å². The molecule has 5 nitrogen and oxygen atoms in total. The SMILES string of the molecule is COC(=O)Cc1cccc(OS(=O)(=O)C(F)(F)F)c1. The fourth-order valence-electron chi connectivity index (χ4n) is 1.12. The number of halogens is 3. The summed E-state index contributed by atoms with van der Waals surface area (Å²) in [7, 11) is -4.57. The maximum absolute atomic E-state index is 12.1. The summed E-state index contributed by atoms with van der Waals surface area (Å²) in [5, 5.41) is 0. The lowest BCUT2D eigenvalue weighted by Crippen LogP contribution is -2.28. The molecule has 0 saturated heterocycles. The second-order valence-electron chi connectivity index (χ2n) is 3.38. The molecule has 19 heavy (non-hydrogen) atoms. The van der Waals surface area contributed by atoms with Gasteiger partial charge in [-0.1, -0.05) is 12.1 Å². The molecule has 0 atom stereocenters. The van der Waals surface area contributed by atoms with Crippen molar-refractivity contribution in [1.82, 2.24) is 0 Å². The fourth-order valence-corrected chi connectivity index (χ4v) is 1.57. The van der Waals surface area contributed by atoms with E-state index in [1.807, 2.05) is 0 Å². The molecule has 9 heteroatoms. The molecule has 0 unspecified atom stereocenters. The molecule has 0 saturated carbocycles. The van der Waals surface area contributed by atoms with Crippen LogP contribution in [0.4, 0.5) is 13.2 Å². The van der Waals surface area contributed by atoms with Gasteiger partial charge in [-0.2, -0.15) is 21.6 Å². The van der Waals surface area contributed by atoms with Gasteiger partial charge in [-0.25, -0.2) is 0 Å². The summed E-state index contributed by atoms with van der Waals surface area (Å²) in [4.78, 5) is 11.0.